The van der Waals surface area contributed by atoms with Crippen molar-refractivity contribution in [1.29, 1.82) is 0 Å². The van der Waals surface area contributed by atoms with E-state index in [0.29, 0.717) is 11.3 Å². The summed E-state index contributed by atoms with van der Waals surface area (Å²) < 4.78 is 0. The number of carboxylic acids is 1. The molecule has 0 radical (unpaired) electrons. The van der Waals surface area contributed by atoms with Crippen molar-refractivity contribution in [1.82, 2.24) is 0 Å². The van der Waals surface area contributed by atoms with E-state index in [9.17, 15) is 14.7 Å². The second-order valence-electron chi connectivity index (χ2n) is 4.73. The number of amides is 1. The minimum Gasteiger partial charge on any atom is -0.508 e. The molecule has 0 atom stereocenters. The van der Waals surface area contributed by atoms with Gasteiger partial charge in [0.2, 0.25) is 5.91 Å². The zero-order valence-corrected chi connectivity index (χ0v) is 11.5. The second-order valence-corrected chi connectivity index (χ2v) is 4.73. The van der Waals surface area contributed by atoms with Crippen LogP contribution in [0, 0.1) is 6.92 Å². The highest BCUT2D eigenvalue weighted by atomic mass is 16.4. The normalized spacial score (nSPS) is 10.1. The fourth-order valence-corrected chi connectivity index (χ4v) is 1.99. The van der Waals surface area contributed by atoms with Crippen molar-refractivity contribution in [3.63, 3.8) is 0 Å². The van der Waals surface area contributed by atoms with Crippen molar-refractivity contribution in [2.45, 2.75) is 13.3 Å². The van der Waals surface area contributed by atoms with E-state index in [4.69, 9.17) is 5.11 Å². The average molecular weight is 285 g/mol. The Labute approximate surface area is 121 Å². The monoisotopic (exact) mass is 285 g/mol. The van der Waals surface area contributed by atoms with Gasteiger partial charge in [-0.15, -0.1) is 0 Å². The number of aryl methyl sites for hydroxylation is 1. The number of nitrogens with one attached hydrogen (secondary N) is 1. The summed E-state index contributed by atoms with van der Waals surface area (Å²) in [5, 5.41) is 20.8. The van der Waals surface area contributed by atoms with E-state index >= 15 is 0 Å². The van der Waals surface area contributed by atoms with Crippen LogP contribution in [0.25, 0.3) is 0 Å². The molecule has 5 heteroatoms. The van der Waals surface area contributed by atoms with Crippen LogP contribution < -0.4 is 5.32 Å². The fourth-order valence-electron chi connectivity index (χ4n) is 1.99. The summed E-state index contributed by atoms with van der Waals surface area (Å²) in [6, 6.07) is 11.0. The van der Waals surface area contributed by atoms with Gasteiger partial charge in [0.15, 0.2) is 0 Å². The summed E-state index contributed by atoms with van der Waals surface area (Å²) in [7, 11) is 0. The predicted molar refractivity (Wildman–Crippen MR) is 78.6 cm³/mol. The van der Waals surface area contributed by atoms with Crippen LogP contribution in [0.5, 0.6) is 5.75 Å². The van der Waals surface area contributed by atoms with Gasteiger partial charge in [-0.25, -0.2) is 4.79 Å². The quantitative estimate of drug-likeness (QED) is 0.805. The zero-order chi connectivity index (χ0) is 15.4. The number of aromatic hydroxyl groups is 1. The Morgan fingerprint density at radius 2 is 1.76 bits per heavy atom. The molecular formula is C16H15NO4. The number of aromatic carboxylic acids is 1. The highest BCUT2D eigenvalue weighted by Crippen LogP contribution is 2.16. The summed E-state index contributed by atoms with van der Waals surface area (Å²) >= 11 is 0. The van der Waals surface area contributed by atoms with Crippen molar-refractivity contribution >= 4 is 17.6 Å². The first-order valence-corrected chi connectivity index (χ1v) is 6.37. The van der Waals surface area contributed by atoms with E-state index in [1.54, 1.807) is 31.2 Å². The van der Waals surface area contributed by atoms with Gasteiger partial charge in [-0.2, -0.15) is 0 Å². The van der Waals surface area contributed by atoms with Gasteiger partial charge >= 0.3 is 5.97 Å². The third kappa shape index (κ3) is 3.82. The molecule has 3 N–H and O–H groups in total. The minimum absolute atomic E-state index is 0.152. The molecule has 0 fully saturated rings. The van der Waals surface area contributed by atoms with Crippen molar-refractivity contribution in [3.8, 4) is 5.75 Å². The molecule has 0 spiro atoms. The van der Waals surface area contributed by atoms with Crippen LogP contribution in [0.2, 0.25) is 0 Å². The lowest BCUT2D eigenvalue weighted by molar-refractivity contribution is -0.115. The molecule has 0 aromatic heterocycles. The summed E-state index contributed by atoms with van der Waals surface area (Å²) in [4.78, 5) is 22.8. The van der Waals surface area contributed by atoms with E-state index in [1.165, 1.54) is 18.2 Å². The lowest BCUT2D eigenvalue weighted by Crippen LogP contribution is -2.14. The van der Waals surface area contributed by atoms with Crippen molar-refractivity contribution in [2.24, 2.45) is 0 Å². The van der Waals surface area contributed by atoms with Crippen molar-refractivity contribution in [2.75, 3.05) is 5.32 Å². The lowest BCUT2D eigenvalue weighted by atomic mass is 10.1. The molecule has 1 amide bonds. The molecule has 2 aromatic carbocycles. The molecule has 0 bridgehead atoms. The Balaban J connectivity index is 2.04. The van der Waals surface area contributed by atoms with Gasteiger partial charge < -0.3 is 15.5 Å². The number of carboxylic acid groups (broad SMARTS) is 1. The Kier molecular flexibility index (Phi) is 4.23. The smallest absolute Gasteiger partial charge is 0.335 e. The fraction of sp³-hybridized carbons (Fsp3) is 0.125. The molecule has 0 saturated heterocycles. The summed E-state index contributed by atoms with van der Waals surface area (Å²) in [6.07, 6.45) is 0.181. The number of rotatable bonds is 4. The van der Waals surface area contributed by atoms with Crippen molar-refractivity contribution < 1.29 is 19.8 Å². The number of phenolic OH excluding ortho intramolecular Hbond substituents is 1. The van der Waals surface area contributed by atoms with Crippen molar-refractivity contribution in [3.05, 3.63) is 59.2 Å². The van der Waals surface area contributed by atoms with E-state index in [0.717, 1.165) is 5.56 Å². The highest BCUT2D eigenvalue weighted by Gasteiger charge is 2.09. The number of benzene rings is 2. The summed E-state index contributed by atoms with van der Waals surface area (Å²) in [5.74, 6) is -1.04. The van der Waals surface area contributed by atoms with E-state index in [-0.39, 0.29) is 23.6 Å². The van der Waals surface area contributed by atoms with Crippen LogP contribution in [0.4, 0.5) is 5.69 Å². The maximum Gasteiger partial charge on any atom is 0.335 e. The van der Waals surface area contributed by atoms with Gasteiger partial charge in [0.05, 0.1) is 12.0 Å². The standard InChI is InChI=1S/C16H15NO4/c1-10-8-12(4-7-14(10)16(20)21)17-15(19)9-11-2-5-13(18)6-3-11/h2-8,18H,9H2,1H3,(H,17,19)(H,20,21). The third-order valence-corrected chi connectivity index (χ3v) is 3.04. The maximum atomic E-state index is 11.9. The molecule has 2 rings (SSSR count). The molecular weight excluding hydrogens is 270 g/mol. The molecule has 0 aliphatic carbocycles. The molecule has 0 saturated carbocycles. The molecule has 21 heavy (non-hydrogen) atoms. The van der Waals surface area contributed by atoms with Gasteiger partial charge in [0.1, 0.15) is 5.75 Å². The van der Waals surface area contributed by atoms with E-state index in [2.05, 4.69) is 5.32 Å². The topological polar surface area (TPSA) is 86.6 Å². The molecule has 0 aliphatic heterocycles. The van der Waals surface area contributed by atoms with Crippen LogP contribution in [0.1, 0.15) is 21.5 Å². The van der Waals surface area contributed by atoms with Gasteiger partial charge in [-0.05, 0) is 48.4 Å². The van der Waals surface area contributed by atoms with Crippen LogP contribution in [0.15, 0.2) is 42.5 Å². The Bertz CT molecular complexity index is 677. The first-order chi connectivity index (χ1) is 9.95. The minimum atomic E-state index is -0.991. The molecule has 5 nitrogen and oxygen atoms in total. The summed E-state index contributed by atoms with van der Waals surface area (Å²) in [5.41, 5.74) is 2.14. The van der Waals surface area contributed by atoms with E-state index < -0.39 is 5.97 Å². The molecule has 0 heterocycles. The van der Waals surface area contributed by atoms with Gasteiger partial charge in [0.25, 0.3) is 0 Å². The number of anilines is 1. The second kappa shape index (κ2) is 6.09. The number of carbonyl (C=O) groups excluding carboxylic acids is 1. The average Bonchev–Trinajstić information content (AvgIpc) is 2.41. The SMILES string of the molecule is Cc1cc(NC(=O)Cc2ccc(O)cc2)ccc1C(=O)O. The Hall–Kier alpha value is -2.82. The zero-order valence-electron chi connectivity index (χ0n) is 11.5. The van der Waals surface area contributed by atoms with Gasteiger partial charge in [-0.1, -0.05) is 12.1 Å². The molecule has 2 aromatic rings. The highest BCUT2D eigenvalue weighted by molar-refractivity contribution is 5.94. The molecule has 0 unspecified atom stereocenters. The lowest BCUT2D eigenvalue weighted by Gasteiger charge is -2.08. The third-order valence-electron chi connectivity index (χ3n) is 3.04. The number of hydrogen-bond acceptors (Lipinski definition) is 3. The van der Waals surface area contributed by atoms with Crippen LogP contribution >= 0.6 is 0 Å². The number of carbonyl (C=O) groups is 2. The van der Waals surface area contributed by atoms with Crippen LogP contribution in [0.3, 0.4) is 0 Å². The number of hydrogen-bond donors (Lipinski definition) is 3. The first kappa shape index (κ1) is 14.6. The molecule has 108 valence electrons. The molecule has 0 aliphatic rings. The Morgan fingerprint density at radius 3 is 2.33 bits per heavy atom. The van der Waals surface area contributed by atoms with Gasteiger partial charge in [-0.3, -0.25) is 4.79 Å². The maximum absolute atomic E-state index is 11.9. The number of phenols is 1. The predicted octanol–water partition coefficient (Wildman–Crippen LogP) is 2.58. The van der Waals surface area contributed by atoms with Gasteiger partial charge in [0, 0.05) is 5.69 Å². The van der Waals surface area contributed by atoms with E-state index in [1.807, 2.05) is 0 Å². The van der Waals surface area contributed by atoms with Crippen LogP contribution in [-0.2, 0) is 11.2 Å². The largest absolute Gasteiger partial charge is 0.508 e. The Morgan fingerprint density at radius 1 is 1.10 bits per heavy atom. The summed E-state index contributed by atoms with van der Waals surface area (Å²) in [6.45, 7) is 1.68. The van der Waals surface area contributed by atoms with Crippen LogP contribution in [-0.4, -0.2) is 22.1 Å². The first-order valence-electron chi connectivity index (χ1n) is 6.37.